The fourth-order valence-electron chi connectivity index (χ4n) is 1.14. The first-order chi connectivity index (χ1) is 6.27. The van der Waals surface area contributed by atoms with Crippen LogP contribution in [0, 0.1) is 0 Å². The van der Waals surface area contributed by atoms with Crippen molar-refractivity contribution in [2.45, 2.75) is 13.5 Å². The predicted octanol–water partition coefficient (Wildman–Crippen LogP) is 1.51. The number of hydrogen-bond acceptors (Lipinski definition) is 3. The van der Waals surface area contributed by atoms with Crippen LogP contribution in [0.25, 0.3) is 0 Å². The maximum Gasteiger partial charge on any atom is 0.127 e. The molecule has 2 N–H and O–H groups in total. The van der Waals surface area contributed by atoms with E-state index in [-0.39, 0.29) is 5.75 Å². The van der Waals surface area contributed by atoms with Crippen LogP contribution in [-0.2, 0) is 6.54 Å². The SMILES string of the molecule is CCNCc1ccc(O)cc1OC. The minimum atomic E-state index is 0.233. The van der Waals surface area contributed by atoms with Gasteiger partial charge in [0, 0.05) is 18.2 Å². The number of ether oxygens (including phenoxy) is 1. The maximum atomic E-state index is 9.19. The highest BCUT2D eigenvalue weighted by molar-refractivity contribution is 5.39. The number of benzene rings is 1. The lowest BCUT2D eigenvalue weighted by molar-refractivity contribution is 0.401. The minimum absolute atomic E-state index is 0.233. The monoisotopic (exact) mass is 181 g/mol. The molecule has 0 saturated heterocycles. The molecule has 0 amide bonds. The van der Waals surface area contributed by atoms with Gasteiger partial charge >= 0.3 is 0 Å². The number of phenols is 1. The van der Waals surface area contributed by atoms with Gasteiger partial charge in [0.2, 0.25) is 0 Å². The Labute approximate surface area is 78.3 Å². The van der Waals surface area contributed by atoms with E-state index in [1.54, 1.807) is 19.2 Å². The van der Waals surface area contributed by atoms with Crippen LogP contribution in [-0.4, -0.2) is 18.8 Å². The van der Waals surface area contributed by atoms with E-state index in [0.717, 1.165) is 24.4 Å². The van der Waals surface area contributed by atoms with Gasteiger partial charge in [0.05, 0.1) is 7.11 Å². The Hall–Kier alpha value is -1.22. The molecule has 0 atom stereocenters. The topological polar surface area (TPSA) is 41.5 Å². The fraction of sp³-hybridized carbons (Fsp3) is 0.400. The molecule has 0 aliphatic carbocycles. The molecule has 0 heterocycles. The number of phenolic OH excluding ortho intramolecular Hbond substituents is 1. The van der Waals surface area contributed by atoms with E-state index in [4.69, 9.17) is 4.74 Å². The van der Waals surface area contributed by atoms with Crippen LogP contribution in [0.1, 0.15) is 12.5 Å². The summed E-state index contributed by atoms with van der Waals surface area (Å²) in [6.07, 6.45) is 0. The quantitative estimate of drug-likeness (QED) is 0.739. The molecule has 1 aromatic rings. The van der Waals surface area contributed by atoms with Gasteiger partial charge in [0.25, 0.3) is 0 Å². The molecule has 3 nitrogen and oxygen atoms in total. The van der Waals surface area contributed by atoms with Gasteiger partial charge in [-0.25, -0.2) is 0 Å². The molecule has 1 rings (SSSR count). The van der Waals surface area contributed by atoms with Crippen molar-refractivity contribution in [1.29, 1.82) is 0 Å². The Morgan fingerprint density at radius 3 is 2.85 bits per heavy atom. The maximum absolute atomic E-state index is 9.19. The minimum Gasteiger partial charge on any atom is -0.508 e. The average molecular weight is 181 g/mol. The van der Waals surface area contributed by atoms with Gasteiger partial charge in [0.1, 0.15) is 11.5 Å². The zero-order valence-corrected chi connectivity index (χ0v) is 8.00. The van der Waals surface area contributed by atoms with Crippen LogP contribution >= 0.6 is 0 Å². The second kappa shape index (κ2) is 4.72. The molecule has 0 aliphatic heterocycles. The first-order valence-corrected chi connectivity index (χ1v) is 4.34. The Balaban J connectivity index is 2.79. The van der Waals surface area contributed by atoms with Gasteiger partial charge in [-0.15, -0.1) is 0 Å². The normalized spacial score (nSPS) is 10.0. The lowest BCUT2D eigenvalue weighted by Crippen LogP contribution is -2.12. The van der Waals surface area contributed by atoms with E-state index in [2.05, 4.69) is 5.32 Å². The lowest BCUT2D eigenvalue weighted by atomic mass is 10.2. The third-order valence-corrected chi connectivity index (χ3v) is 1.84. The van der Waals surface area contributed by atoms with Gasteiger partial charge in [0.15, 0.2) is 0 Å². The highest BCUT2D eigenvalue weighted by atomic mass is 16.5. The van der Waals surface area contributed by atoms with Crippen molar-refractivity contribution in [3.8, 4) is 11.5 Å². The van der Waals surface area contributed by atoms with Crippen molar-refractivity contribution < 1.29 is 9.84 Å². The van der Waals surface area contributed by atoms with Crippen LogP contribution in [0.4, 0.5) is 0 Å². The van der Waals surface area contributed by atoms with Crippen LogP contribution in [0.2, 0.25) is 0 Å². The molecular weight excluding hydrogens is 166 g/mol. The molecule has 1 aromatic carbocycles. The Kier molecular flexibility index (Phi) is 3.58. The first-order valence-electron chi connectivity index (χ1n) is 4.34. The summed E-state index contributed by atoms with van der Waals surface area (Å²) in [6, 6.07) is 5.14. The largest absolute Gasteiger partial charge is 0.508 e. The number of aromatic hydroxyl groups is 1. The molecule has 0 radical (unpaired) electrons. The van der Waals surface area contributed by atoms with E-state index in [0.29, 0.717) is 0 Å². The molecule has 72 valence electrons. The smallest absolute Gasteiger partial charge is 0.127 e. The van der Waals surface area contributed by atoms with Crippen molar-refractivity contribution >= 4 is 0 Å². The standard InChI is InChI=1S/C10H15NO2/c1-3-11-7-8-4-5-9(12)6-10(8)13-2/h4-6,11-12H,3,7H2,1-2H3. The van der Waals surface area contributed by atoms with E-state index in [1.165, 1.54) is 0 Å². The van der Waals surface area contributed by atoms with Gasteiger partial charge in [-0.2, -0.15) is 0 Å². The van der Waals surface area contributed by atoms with E-state index < -0.39 is 0 Å². The summed E-state index contributed by atoms with van der Waals surface area (Å²) in [7, 11) is 1.60. The van der Waals surface area contributed by atoms with Crippen LogP contribution < -0.4 is 10.1 Å². The Morgan fingerprint density at radius 1 is 1.46 bits per heavy atom. The summed E-state index contributed by atoms with van der Waals surface area (Å²) in [5, 5.41) is 12.4. The first kappa shape index (κ1) is 9.86. The van der Waals surface area contributed by atoms with Gasteiger partial charge in [-0.3, -0.25) is 0 Å². The van der Waals surface area contributed by atoms with Crippen molar-refractivity contribution in [3.05, 3.63) is 23.8 Å². The summed E-state index contributed by atoms with van der Waals surface area (Å²) in [6.45, 7) is 3.73. The van der Waals surface area contributed by atoms with Gasteiger partial charge in [-0.05, 0) is 12.6 Å². The van der Waals surface area contributed by atoms with E-state index >= 15 is 0 Å². The fourth-order valence-corrected chi connectivity index (χ4v) is 1.14. The molecule has 0 fully saturated rings. The van der Waals surface area contributed by atoms with Crippen LogP contribution in [0.15, 0.2) is 18.2 Å². The second-order valence-electron chi connectivity index (χ2n) is 2.78. The molecule has 0 aromatic heterocycles. The van der Waals surface area contributed by atoms with Crippen molar-refractivity contribution in [2.75, 3.05) is 13.7 Å². The summed E-state index contributed by atoms with van der Waals surface area (Å²) in [5.41, 5.74) is 1.06. The number of hydrogen-bond donors (Lipinski definition) is 2. The van der Waals surface area contributed by atoms with Gasteiger partial charge in [-0.1, -0.05) is 13.0 Å². The van der Waals surface area contributed by atoms with Gasteiger partial charge < -0.3 is 15.2 Å². The van der Waals surface area contributed by atoms with Crippen molar-refractivity contribution in [1.82, 2.24) is 5.32 Å². The number of rotatable bonds is 4. The van der Waals surface area contributed by atoms with E-state index in [9.17, 15) is 5.11 Å². The molecule has 0 aliphatic rings. The lowest BCUT2D eigenvalue weighted by Gasteiger charge is -2.08. The summed E-state index contributed by atoms with van der Waals surface area (Å²) in [4.78, 5) is 0. The van der Waals surface area contributed by atoms with Crippen LogP contribution in [0.5, 0.6) is 11.5 Å². The van der Waals surface area contributed by atoms with Crippen LogP contribution in [0.3, 0.4) is 0 Å². The zero-order valence-electron chi connectivity index (χ0n) is 8.00. The van der Waals surface area contributed by atoms with E-state index in [1.807, 2.05) is 13.0 Å². The molecule has 0 bridgehead atoms. The second-order valence-corrected chi connectivity index (χ2v) is 2.78. The zero-order chi connectivity index (χ0) is 9.68. The predicted molar refractivity (Wildman–Crippen MR) is 52.0 cm³/mol. The molecule has 0 unspecified atom stereocenters. The summed E-state index contributed by atoms with van der Waals surface area (Å²) >= 11 is 0. The third kappa shape index (κ3) is 2.63. The molecule has 3 heteroatoms. The Morgan fingerprint density at radius 2 is 2.23 bits per heavy atom. The average Bonchev–Trinajstić information content (AvgIpc) is 2.16. The van der Waals surface area contributed by atoms with Crippen molar-refractivity contribution in [3.63, 3.8) is 0 Å². The summed E-state index contributed by atoms with van der Waals surface area (Å²) < 4.78 is 5.12. The third-order valence-electron chi connectivity index (χ3n) is 1.84. The highest BCUT2D eigenvalue weighted by Crippen LogP contribution is 2.23. The Bertz CT molecular complexity index is 274. The summed E-state index contributed by atoms with van der Waals surface area (Å²) in [5.74, 6) is 0.957. The highest BCUT2D eigenvalue weighted by Gasteiger charge is 2.02. The molecule has 0 saturated carbocycles. The molecular formula is C10H15NO2. The number of methoxy groups -OCH3 is 1. The van der Waals surface area contributed by atoms with Crippen molar-refractivity contribution in [2.24, 2.45) is 0 Å². The molecule has 13 heavy (non-hydrogen) atoms. The number of nitrogens with one attached hydrogen (secondary N) is 1. The molecule has 0 spiro atoms.